The fourth-order valence-electron chi connectivity index (χ4n) is 1.54. The van der Waals surface area contributed by atoms with Gasteiger partial charge in [-0.25, -0.2) is 5.01 Å². The second-order valence-corrected chi connectivity index (χ2v) is 4.17. The lowest BCUT2D eigenvalue weighted by atomic mass is 10.4. The topological polar surface area (TPSA) is 168 Å². The number of carbonyl (C=O) groups is 3. The molecule has 0 atom stereocenters. The van der Waals surface area contributed by atoms with E-state index in [-0.39, 0.29) is 32.8 Å². The Bertz CT molecular complexity index is 349. The van der Waals surface area contributed by atoms with Crippen molar-refractivity contribution >= 4 is 17.9 Å². The number of aliphatic hydroxyl groups excluding tert-OH is 1. The number of carboxylic acid groups (broad SMARTS) is 3. The van der Waals surface area contributed by atoms with Crippen LogP contribution in [0.25, 0.3) is 0 Å². The molecule has 6 N–H and O–H groups in total. The maximum absolute atomic E-state index is 10.6. The molecule has 0 aliphatic rings. The standard InChI is InChI=1S/C10H20N4O7/c11-14(13(6-9(18)19)7-10(20)21)2-1-12(3-4-15)5-8(16)17/h15H,1-7,11H2,(H,16,17)(H,18,19)(H,20,21). The highest BCUT2D eigenvalue weighted by atomic mass is 16.4. The van der Waals surface area contributed by atoms with E-state index in [2.05, 4.69) is 0 Å². The highest BCUT2D eigenvalue weighted by Gasteiger charge is 2.19. The maximum atomic E-state index is 10.6. The molecule has 0 rings (SSSR count). The first-order valence-corrected chi connectivity index (χ1v) is 6.02. The van der Waals surface area contributed by atoms with Gasteiger partial charge in [-0.2, -0.15) is 5.12 Å². The van der Waals surface area contributed by atoms with Crippen molar-refractivity contribution < 1.29 is 34.8 Å². The molecule has 0 saturated carbocycles. The molecule has 0 amide bonds. The largest absolute Gasteiger partial charge is 0.480 e. The summed E-state index contributed by atoms with van der Waals surface area (Å²) in [5.41, 5.74) is 0. The number of rotatable bonds is 12. The molecule has 0 radical (unpaired) electrons. The van der Waals surface area contributed by atoms with Crippen LogP contribution in [0.4, 0.5) is 0 Å². The van der Waals surface area contributed by atoms with Crippen LogP contribution in [0.3, 0.4) is 0 Å². The summed E-state index contributed by atoms with van der Waals surface area (Å²) in [5, 5.41) is 36.7. The molecule has 0 aliphatic carbocycles. The lowest BCUT2D eigenvalue weighted by Crippen LogP contribution is -2.54. The molecule has 0 bridgehead atoms. The van der Waals surface area contributed by atoms with Crippen LogP contribution >= 0.6 is 0 Å². The zero-order valence-electron chi connectivity index (χ0n) is 11.4. The van der Waals surface area contributed by atoms with Gasteiger partial charge in [0.25, 0.3) is 0 Å². The molecular weight excluding hydrogens is 288 g/mol. The van der Waals surface area contributed by atoms with Crippen LogP contribution in [0.2, 0.25) is 0 Å². The quantitative estimate of drug-likeness (QED) is 0.183. The number of nitrogens with two attached hydrogens (primary N) is 1. The summed E-state index contributed by atoms with van der Waals surface area (Å²) < 4.78 is 0. The Hall–Kier alpha value is -1.79. The first kappa shape index (κ1) is 19.2. The number of hydrogen-bond donors (Lipinski definition) is 5. The molecule has 0 heterocycles. The molecule has 0 aromatic rings. The first-order chi connectivity index (χ1) is 9.76. The van der Waals surface area contributed by atoms with Crippen LogP contribution in [-0.2, 0) is 14.4 Å². The Kier molecular flexibility index (Phi) is 9.16. The van der Waals surface area contributed by atoms with Crippen LogP contribution in [0.1, 0.15) is 0 Å². The third-order valence-electron chi connectivity index (χ3n) is 2.42. The van der Waals surface area contributed by atoms with E-state index in [0.717, 1.165) is 10.1 Å². The first-order valence-electron chi connectivity index (χ1n) is 6.02. The number of nitrogens with zero attached hydrogens (tertiary/aromatic N) is 3. The second kappa shape index (κ2) is 10.0. The van der Waals surface area contributed by atoms with Gasteiger partial charge < -0.3 is 20.4 Å². The third-order valence-corrected chi connectivity index (χ3v) is 2.42. The summed E-state index contributed by atoms with van der Waals surface area (Å²) in [6, 6.07) is 0. The van der Waals surface area contributed by atoms with Gasteiger partial charge in [-0.1, -0.05) is 0 Å². The van der Waals surface area contributed by atoms with Crippen molar-refractivity contribution in [3.8, 4) is 0 Å². The van der Waals surface area contributed by atoms with E-state index >= 15 is 0 Å². The molecule has 0 aromatic heterocycles. The van der Waals surface area contributed by atoms with E-state index in [9.17, 15) is 14.4 Å². The summed E-state index contributed by atoms with van der Waals surface area (Å²) in [6.07, 6.45) is 0. The van der Waals surface area contributed by atoms with E-state index in [1.807, 2.05) is 0 Å². The van der Waals surface area contributed by atoms with Crippen LogP contribution in [0.15, 0.2) is 0 Å². The van der Waals surface area contributed by atoms with Crippen molar-refractivity contribution in [3.05, 3.63) is 0 Å². The van der Waals surface area contributed by atoms with Gasteiger partial charge in [0.05, 0.1) is 13.2 Å². The molecule has 21 heavy (non-hydrogen) atoms. The second-order valence-electron chi connectivity index (χ2n) is 4.17. The Morgan fingerprint density at radius 2 is 1.29 bits per heavy atom. The van der Waals surface area contributed by atoms with Gasteiger partial charge in [-0.3, -0.25) is 25.1 Å². The van der Waals surface area contributed by atoms with Crippen molar-refractivity contribution in [2.75, 3.05) is 45.9 Å². The van der Waals surface area contributed by atoms with Gasteiger partial charge in [0, 0.05) is 19.6 Å². The molecule has 0 aliphatic heterocycles. The minimum absolute atomic E-state index is 0.00778. The predicted octanol–water partition coefficient (Wildman–Crippen LogP) is -3.07. The van der Waals surface area contributed by atoms with Crippen LogP contribution in [0.5, 0.6) is 0 Å². The molecular formula is C10H20N4O7. The number of hydrogen-bond acceptors (Lipinski definition) is 8. The normalized spacial score (nSPS) is 11.3. The van der Waals surface area contributed by atoms with E-state index in [0.29, 0.717) is 0 Å². The lowest BCUT2D eigenvalue weighted by Gasteiger charge is -2.30. The molecule has 0 spiro atoms. The average Bonchev–Trinajstić information content (AvgIpc) is 2.33. The molecule has 0 aromatic carbocycles. The monoisotopic (exact) mass is 308 g/mol. The molecule has 11 heteroatoms. The van der Waals surface area contributed by atoms with Crippen molar-refractivity contribution in [3.63, 3.8) is 0 Å². The Morgan fingerprint density at radius 1 is 0.810 bits per heavy atom. The van der Waals surface area contributed by atoms with Crippen molar-refractivity contribution in [1.29, 1.82) is 0 Å². The lowest BCUT2D eigenvalue weighted by molar-refractivity contribution is -0.152. The summed E-state index contributed by atoms with van der Waals surface area (Å²) in [4.78, 5) is 33.3. The van der Waals surface area contributed by atoms with Gasteiger partial charge in [0.1, 0.15) is 13.1 Å². The maximum Gasteiger partial charge on any atom is 0.319 e. The zero-order chi connectivity index (χ0) is 16.4. The van der Waals surface area contributed by atoms with Crippen LogP contribution < -0.4 is 5.84 Å². The number of aliphatic hydroxyl groups is 1. The zero-order valence-corrected chi connectivity index (χ0v) is 11.4. The average molecular weight is 308 g/mol. The van der Waals surface area contributed by atoms with Gasteiger partial charge in [0.2, 0.25) is 0 Å². The third kappa shape index (κ3) is 9.70. The molecule has 0 unspecified atom stereocenters. The number of hydrazine groups is 2. The van der Waals surface area contributed by atoms with Crippen LogP contribution in [0, 0.1) is 0 Å². The molecule has 0 fully saturated rings. The SMILES string of the molecule is NN(CCN(CCO)CC(=O)O)N(CC(=O)O)CC(=O)O. The minimum atomic E-state index is -1.25. The van der Waals surface area contributed by atoms with E-state index in [1.54, 1.807) is 0 Å². The van der Waals surface area contributed by atoms with Gasteiger partial charge in [-0.05, 0) is 0 Å². The fraction of sp³-hybridized carbons (Fsp3) is 0.700. The summed E-state index contributed by atoms with van der Waals surface area (Å²) in [7, 11) is 0. The fourth-order valence-corrected chi connectivity index (χ4v) is 1.54. The minimum Gasteiger partial charge on any atom is -0.480 e. The smallest absolute Gasteiger partial charge is 0.319 e. The van der Waals surface area contributed by atoms with E-state index in [4.69, 9.17) is 26.3 Å². The summed E-state index contributed by atoms with van der Waals surface area (Å²) in [5.74, 6) is 2.01. The highest BCUT2D eigenvalue weighted by Crippen LogP contribution is 1.95. The van der Waals surface area contributed by atoms with E-state index in [1.165, 1.54) is 4.90 Å². The van der Waals surface area contributed by atoms with Crippen molar-refractivity contribution in [2.24, 2.45) is 5.84 Å². The van der Waals surface area contributed by atoms with Crippen molar-refractivity contribution in [2.45, 2.75) is 0 Å². The Labute approximate surface area is 120 Å². The van der Waals surface area contributed by atoms with Gasteiger partial charge in [-0.15, -0.1) is 0 Å². The number of carboxylic acids is 3. The van der Waals surface area contributed by atoms with Crippen LogP contribution in [-0.4, -0.2) is 99.2 Å². The molecule has 0 saturated heterocycles. The number of aliphatic carboxylic acids is 3. The summed E-state index contributed by atoms with van der Waals surface area (Å²) in [6.45, 7) is -1.51. The van der Waals surface area contributed by atoms with Gasteiger partial charge >= 0.3 is 17.9 Å². The Morgan fingerprint density at radius 3 is 1.67 bits per heavy atom. The van der Waals surface area contributed by atoms with Gasteiger partial charge in [0.15, 0.2) is 0 Å². The Balaban J connectivity index is 4.49. The predicted molar refractivity (Wildman–Crippen MR) is 68.9 cm³/mol. The summed E-state index contributed by atoms with van der Waals surface area (Å²) >= 11 is 0. The highest BCUT2D eigenvalue weighted by molar-refractivity contribution is 5.72. The van der Waals surface area contributed by atoms with E-state index < -0.39 is 31.0 Å². The molecule has 122 valence electrons. The van der Waals surface area contributed by atoms with Crippen molar-refractivity contribution in [1.82, 2.24) is 15.0 Å². The molecule has 11 nitrogen and oxygen atoms in total.